The molecule has 0 saturated carbocycles. The Kier molecular flexibility index (Phi) is 8.22. The highest BCUT2D eigenvalue weighted by molar-refractivity contribution is 6.12. The molecule has 0 saturated heterocycles. The van der Waals surface area contributed by atoms with Crippen LogP contribution in [0.3, 0.4) is 0 Å². The van der Waals surface area contributed by atoms with Gasteiger partial charge in [0.2, 0.25) is 0 Å². The monoisotopic (exact) mass is 487 g/mol. The number of carbonyl (C=O) groups is 3. The third-order valence-corrected chi connectivity index (χ3v) is 6.27. The van der Waals surface area contributed by atoms with E-state index in [9.17, 15) is 19.5 Å². The number of hydrogen-bond acceptors (Lipinski definition) is 9. The van der Waals surface area contributed by atoms with Crippen molar-refractivity contribution in [3.8, 4) is 11.5 Å². The summed E-state index contributed by atoms with van der Waals surface area (Å²) < 4.78 is 21.0. The lowest BCUT2D eigenvalue weighted by Gasteiger charge is -2.38. The van der Waals surface area contributed by atoms with E-state index in [0.717, 1.165) is 0 Å². The van der Waals surface area contributed by atoms with Gasteiger partial charge in [0, 0.05) is 22.9 Å². The standard InChI is InChI=1S/C26H33NO8/c1-13(2)34-9-10-35-26(31)21-15(4)27-17-11-14(3)20(25(30)33-6)24(29)23(17)22(21)16-7-8-19(32-5)18(28)12-16/h7-8,12-14,20,22,27-28H,9-11H2,1-6H3. The first-order chi connectivity index (χ1) is 16.6. The second-order valence-corrected chi connectivity index (χ2v) is 9.02. The number of Topliss-reactive ketones (excluding diaryl/α,β-unsaturated/α-hetero) is 1. The van der Waals surface area contributed by atoms with Crippen LogP contribution in [0.5, 0.6) is 11.5 Å². The first-order valence-corrected chi connectivity index (χ1v) is 11.6. The Labute approximate surface area is 205 Å². The molecule has 1 aliphatic heterocycles. The van der Waals surface area contributed by atoms with Gasteiger partial charge >= 0.3 is 11.9 Å². The molecular weight excluding hydrogens is 454 g/mol. The van der Waals surface area contributed by atoms with Crippen LogP contribution in [0, 0.1) is 11.8 Å². The van der Waals surface area contributed by atoms with Gasteiger partial charge in [-0.3, -0.25) is 9.59 Å². The van der Waals surface area contributed by atoms with Crippen LogP contribution in [-0.4, -0.2) is 56.4 Å². The highest BCUT2D eigenvalue weighted by Crippen LogP contribution is 2.46. The van der Waals surface area contributed by atoms with Gasteiger partial charge in [0.25, 0.3) is 0 Å². The number of ether oxygens (including phenoxy) is 4. The summed E-state index contributed by atoms with van der Waals surface area (Å²) >= 11 is 0. The van der Waals surface area contributed by atoms with Crippen molar-refractivity contribution in [3.63, 3.8) is 0 Å². The molecule has 0 spiro atoms. The molecule has 1 aromatic carbocycles. The summed E-state index contributed by atoms with van der Waals surface area (Å²) in [5, 5.41) is 13.7. The lowest BCUT2D eigenvalue weighted by molar-refractivity contribution is -0.151. The van der Waals surface area contributed by atoms with Crippen LogP contribution in [0.15, 0.2) is 40.7 Å². The Balaban J connectivity index is 2.08. The van der Waals surface area contributed by atoms with E-state index in [-0.39, 0.29) is 42.3 Å². The molecule has 2 aliphatic rings. The predicted octanol–water partition coefficient (Wildman–Crippen LogP) is 2.98. The van der Waals surface area contributed by atoms with Crippen molar-refractivity contribution < 1.29 is 38.4 Å². The molecule has 0 bridgehead atoms. The predicted molar refractivity (Wildman–Crippen MR) is 127 cm³/mol. The van der Waals surface area contributed by atoms with Gasteiger partial charge in [0.05, 0.1) is 32.5 Å². The molecule has 2 N–H and O–H groups in total. The lowest BCUT2D eigenvalue weighted by Crippen LogP contribution is -2.43. The molecule has 3 atom stereocenters. The summed E-state index contributed by atoms with van der Waals surface area (Å²) in [6, 6.07) is 4.70. The molecule has 3 unspecified atom stereocenters. The van der Waals surface area contributed by atoms with Crippen molar-refractivity contribution >= 4 is 17.7 Å². The average Bonchev–Trinajstić information content (AvgIpc) is 2.80. The maximum atomic E-state index is 13.7. The van der Waals surface area contributed by atoms with E-state index in [1.54, 1.807) is 19.1 Å². The van der Waals surface area contributed by atoms with Gasteiger partial charge in [-0.1, -0.05) is 13.0 Å². The topological polar surface area (TPSA) is 120 Å². The second kappa shape index (κ2) is 10.9. The molecule has 9 nitrogen and oxygen atoms in total. The fourth-order valence-corrected chi connectivity index (χ4v) is 4.67. The SMILES string of the molecule is COC(=O)C1C(=O)C2=C(CC1C)NC(C)=C(C(=O)OCCOC(C)C)C2c1ccc(OC)c(O)c1. The number of nitrogens with one attached hydrogen (secondary N) is 1. The zero-order valence-electron chi connectivity index (χ0n) is 21.0. The zero-order chi connectivity index (χ0) is 25.9. The third kappa shape index (κ3) is 5.35. The number of rotatable bonds is 8. The van der Waals surface area contributed by atoms with Gasteiger partial charge in [-0.05, 0) is 50.8 Å². The number of phenolic OH excluding ortho intramolecular Hbond substituents is 1. The van der Waals surface area contributed by atoms with E-state index in [4.69, 9.17) is 18.9 Å². The van der Waals surface area contributed by atoms with Crippen molar-refractivity contribution in [1.82, 2.24) is 5.32 Å². The van der Waals surface area contributed by atoms with Gasteiger partial charge in [-0.15, -0.1) is 0 Å². The first-order valence-electron chi connectivity index (χ1n) is 11.6. The molecule has 1 aromatic rings. The summed E-state index contributed by atoms with van der Waals surface area (Å²) in [5.74, 6) is -3.67. The Morgan fingerprint density at radius 1 is 1.20 bits per heavy atom. The van der Waals surface area contributed by atoms with Crippen LogP contribution < -0.4 is 10.1 Å². The summed E-state index contributed by atoms with van der Waals surface area (Å²) in [6.07, 6.45) is 0.410. The highest BCUT2D eigenvalue weighted by Gasteiger charge is 2.47. The molecule has 9 heteroatoms. The largest absolute Gasteiger partial charge is 0.504 e. The first kappa shape index (κ1) is 26.3. The van der Waals surface area contributed by atoms with E-state index in [1.165, 1.54) is 20.3 Å². The molecule has 0 amide bonds. The van der Waals surface area contributed by atoms with Crippen LogP contribution in [0.4, 0.5) is 0 Å². The van der Waals surface area contributed by atoms with Crippen molar-refractivity contribution in [2.24, 2.45) is 11.8 Å². The van der Waals surface area contributed by atoms with Crippen LogP contribution in [0.25, 0.3) is 0 Å². The van der Waals surface area contributed by atoms with Crippen LogP contribution in [0.2, 0.25) is 0 Å². The quantitative estimate of drug-likeness (QED) is 0.324. The number of esters is 2. The lowest BCUT2D eigenvalue weighted by atomic mass is 9.69. The Morgan fingerprint density at radius 2 is 1.91 bits per heavy atom. The number of dihydropyridines is 1. The summed E-state index contributed by atoms with van der Waals surface area (Å²) in [7, 11) is 2.68. The number of allylic oxidation sites excluding steroid dienone is 3. The maximum Gasteiger partial charge on any atom is 0.336 e. The minimum atomic E-state index is -0.995. The molecule has 0 aromatic heterocycles. The van der Waals surface area contributed by atoms with Crippen molar-refractivity contribution in [3.05, 3.63) is 46.3 Å². The van der Waals surface area contributed by atoms with Gasteiger partial charge in [-0.2, -0.15) is 0 Å². The van der Waals surface area contributed by atoms with Gasteiger partial charge < -0.3 is 29.4 Å². The molecule has 3 rings (SSSR count). The van der Waals surface area contributed by atoms with Crippen LogP contribution in [-0.2, 0) is 28.6 Å². The number of carbonyl (C=O) groups excluding carboxylic acids is 3. The minimum Gasteiger partial charge on any atom is -0.504 e. The molecule has 1 aliphatic carbocycles. The van der Waals surface area contributed by atoms with Gasteiger partial charge in [0.15, 0.2) is 17.3 Å². The van der Waals surface area contributed by atoms with E-state index >= 15 is 0 Å². The third-order valence-electron chi connectivity index (χ3n) is 6.27. The molecule has 0 radical (unpaired) electrons. The number of aromatic hydroxyl groups is 1. The average molecular weight is 488 g/mol. The number of ketones is 1. The molecule has 190 valence electrons. The Hall–Kier alpha value is -3.33. The van der Waals surface area contributed by atoms with E-state index in [1.807, 2.05) is 20.8 Å². The van der Waals surface area contributed by atoms with E-state index in [0.29, 0.717) is 29.0 Å². The van der Waals surface area contributed by atoms with Crippen molar-refractivity contribution in [2.45, 2.75) is 46.1 Å². The number of benzene rings is 1. The van der Waals surface area contributed by atoms with E-state index < -0.39 is 29.6 Å². The van der Waals surface area contributed by atoms with Crippen molar-refractivity contribution in [2.75, 3.05) is 27.4 Å². The van der Waals surface area contributed by atoms with E-state index in [2.05, 4.69) is 5.32 Å². The summed E-state index contributed by atoms with van der Waals surface area (Å²) in [4.78, 5) is 39.5. The summed E-state index contributed by atoms with van der Waals surface area (Å²) in [5.41, 5.74) is 2.19. The maximum absolute atomic E-state index is 13.7. The molecule has 35 heavy (non-hydrogen) atoms. The normalized spacial score (nSPS) is 22.0. The van der Waals surface area contributed by atoms with Gasteiger partial charge in [0.1, 0.15) is 12.5 Å². The molecule has 0 fully saturated rings. The number of phenols is 1. The molecule has 1 heterocycles. The highest BCUT2D eigenvalue weighted by atomic mass is 16.6. The smallest absolute Gasteiger partial charge is 0.336 e. The summed E-state index contributed by atoms with van der Waals surface area (Å²) in [6.45, 7) is 7.59. The number of hydrogen-bond donors (Lipinski definition) is 2. The van der Waals surface area contributed by atoms with Crippen molar-refractivity contribution in [1.29, 1.82) is 0 Å². The fraction of sp³-hybridized carbons (Fsp3) is 0.500. The second-order valence-electron chi connectivity index (χ2n) is 9.02. The fourth-order valence-electron chi connectivity index (χ4n) is 4.67. The Morgan fingerprint density at radius 3 is 2.51 bits per heavy atom. The minimum absolute atomic E-state index is 0.00848. The van der Waals surface area contributed by atoms with Crippen LogP contribution >= 0.6 is 0 Å². The zero-order valence-corrected chi connectivity index (χ0v) is 21.0. The molecular formula is C26H33NO8. The van der Waals surface area contributed by atoms with Crippen LogP contribution in [0.1, 0.15) is 45.6 Å². The Bertz CT molecular complexity index is 1070. The number of methoxy groups -OCH3 is 2. The van der Waals surface area contributed by atoms with Gasteiger partial charge in [-0.25, -0.2) is 4.79 Å².